The SMILES string of the molecule is COCCCS(=O)(=O)NCC(=O)NCCCC(=O)O. The summed E-state index contributed by atoms with van der Waals surface area (Å²) in [4.78, 5) is 21.5. The summed E-state index contributed by atoms with van der Waals surface area (Å²) in [5.41, 5.74) is 0. The van der Waals surface area contributed by atoms with Gasteiger partial charge in [0, 0.05) is 26.7 Å². The van der Waals surface area contributed by atoms with E-state index in [1.54, 1.807) is 0 Å². The van der Waals surface area contributed by atoms with E-state index < -0.39 is 21.9 Å². The number of hydrogen-bond acceptors (Lipinski definition) is 5. The summed E-state index contributed by atoms with van der Waals surface area (Å²) in [5, 5.41) is 10.8. The number of carboxylic acid groups (broad SMARTS) is 1. The lowest BCUT2D eigenvalue weighted by molar-refractivity contribution is -0.137. The molecule has 19 heavy (non-hydrogen) atoms. The number of carboxylic acids is 1. The number of ether oxygens (including phenoxy) is 1. The van der Waals surface area contributed by atoms with Crippen LogP contribution in [0.2, 0.25) is 0 Å². The number of sulfonamides is 1. The zero-order valence-electron chi connectivity index (χ0n) is 10.8. The number of amides is 1. The average molecular weight is 296 g/mol. The Morgan fingerprint density at radius 2 is 1.95 bits per heavy atom. The second kappa shape index (κ2) is 9.70. The van der Waals surface area contributed by atoms with E-state index in [1.807, 2.05) is 0 Å². The average Bonchev–Trinajstić information content (AvgIpc) is 2.32. The first-order chi connectivity index (χ1) is 8.87. The first-order valence-electron chi connectivity index (χ1n) is 5.82. The molecule has 0 aliphatic heterocycles. The molecular weight excluding hydrogens is 276 g/mol. The Bertz CT molecular complexity index is 381. The van der Waals surface area contributed by atoms with Crippen LogP contribution in [0.1, 0.15) is 19.3 Å². The monoisotopic (exact) mass is 296 g/mol. The van der Waals surface area contributed by atoms with Crippen molar-refractivity contribution in [1.82, 2.24) is 10.0 Å². The third-order valence-corrected chi connectivity index (χ3v) is 3.51. The Kier molecular flexibility index (Phi) is 9.09. The molecule has 0 aromatic heterocycles. The van der Waals surface area contributed by atoms with E-state index in [1.165, 1.54) is 7.11 Å². The predicted octanol–water partition coefficient (Wildman–Crippen LogP) is -1.08. The lowest BCUT2D eigenvalue weighted by Crippen LogP contribution is -2.38. The van der Waals surface area contributed by atoms with E-state index in [0.717, 1.165) is 0 Å². The highest BCUT2D eigenvalue weighted by atomic mass is 32.2. The van der Waals surface area contributed by atoms with Crippen molar-refractivity contribution < 1.29 is 27.9 Å². The largest absolute Gasteiger partial charge is 0.481 e. The first-order valence-corrected chi connectivity index (χ1v) is 7.47. The summed E-state index contributed by atoms with van der Waals surface area (Å²) >= 11 is 0. The smallest absolute Gasteiger partial charge is 0.303 e. The highest BCUT2D eigenvalue weighted by Crippen LogP contribution is 1.90. The fourth-order valence-corrected chi connectivity index (χ4v) is 2.16. The van der Waals surface area contributed by atoms with Gasteiger partial charge in [-0.15, -0.1) is 0 Å². The van der Waals surface area contributed by atoms with Crippen LogP contribution in [0.3, 0.4) is 0 Å². The molecule has 112 valence electrons. The molecule has 0 unspecified atom stereocenters. The fraction of sp³-hybridized carbons (Fsp3) is 0.800. The molecule has 9 heteroatoms. The van der Waals surface area contributed by atoms with Crippen molar-refractivity contribution in [3.8, 4) is 0 Å². The van der Waals surface area contributed by atoms with Crippen molar-refractivity contribution in [2.45, 2.75) is 19.3 Å². The molecule has 0 saturated heterocycles. The fourth-order valence-electron chi connectivity index (χ4n) is 1.17. The van der Waals surface area contributed by atoms with Crippen molar-refractivity contribution >= 4 is 21.9 Å². The van der Waals surface area contributed by atoms with Crippen LogP contribution in [0.25, 0.3) is 0 Å². The minimum absolute atomic E-state index is 0.0387. The molecule has 1 amide bonds. The van der Waals surface area contributed by atoms with Crippen molar-refractivity contribution in [2.24, 2.45) is 0 Å². The molecule has 0 aliphatic carbocycles. The van der Waals surface area contributed by atoms with Crippen molar-refractivity contribution in [1.29, 1.82) is 0 Å². The first kappa shape index (κ1) is 17.8. The minimum atomic E-state index is -3.48. The van der Waals surface area contributed by atoms with Gasteiger partial charge in [-0.05, 0) is 12.8 Å². The van der Waals surface area contributed by atoms with Crippen LogP contribution in [0.15, 0.2) is 0 Å². The Morgan fingerprint density at radius 1 is 1.26 bits per heavy atom. The Balaban J connectivity index is 3.73. The van der Waals surface area contributed by atoms with Crippen LogP contribution in [-0.2, 0) is 24.3 Å². The Labute approximate surface area is 112 Å². The topological polar surface area (TPSA) is 122 Å². The molecule has 0 atom stereocenters. The summed E-state index contributed by atoms with van der Waals surface area (Å²) in [7, 11) is -2.00. The summed E-state index contributed by atoms with van der Waals surface area (Å²) in [6.45, 7) is 0.196. The normalized spacial score (nSPS) is 11.2. The minimum Gasteiger partial charge on any atom is -0.481 e. The second-order valence-electron chi connectivity index (χ2n) is 3.83. The van der Waals surface area contributed by atoms with Gasteiger partial charge in [-0.1, -0.05) is 0 Å². The number of nitrogens with one attached hydrogen (secondary N) is 2. The number of carbonyl (C=O) groups excluding carboxylic acids is 1. The molecule has 0 aliphatic rings. The van der Waals surface area contributed by atoms with Gasteiger partial charge < -0.3 is 15.2 Å². The third-order valence-electron chi connectivity index (χ3n) is 2.10. The zero-order valence-corrected chi connectivity index (χ0v) is 11.7. The van der Waals surface area contributed by atoms with Gasteiger partial charge in [0.05, 0.1) is 12.3 Å². The summed E-state index contributed by atoms with van der Waals surface area (Å²) < 4.78 is 29.7. The van der Waals surface area contributed by atoms with Gasteiger partial charge in [0.25, 0.3) is 0 Å². The molecular formula is C10H20N2O6S. The van der Waals surface area contributed by atoms with Gasteiger partial charge in [-0.3, -0.25) is 9.59 Å². The van der Waals surface area contributed by atoms with Crippen molar-refractivity contribution in [3.63, 3.8) is 0 Å². The van der Waals surface area contributed by atoms with Gasteiger partial charge >= 0.3 is 5.97 Å². The molecule has 0 saturated carbocycles. The van der Waals surface area contributed by atoms with E-state index >= 15 is 0 Å². The lowest BCUT2D eigenvalue weighted by Gasteiger charge is -2.07. The molecule has 3 N–H and O–H groups in total. The van der Waals surface area contributed by atoms with E-state index in [9.17, 15) is 18.0 Å². The van der Waals surface area contributed by atoms with Gasteiger partial charge in [0.1, 0.15) is 0 Å². The number of rotatable bonds is 11. The van der Waals surface area contributed by atoms with Gasteiger partial charge in [-0.2, -0.15) is 0 Å². The molecule has 0 aromatic carbocycles. The predicted molar refractivity (Wildman–Crippen MR) is 68.2 cm³/mol. The van der Waals surface area contributed by atoms with E-state index in [-0.39, 0.29) is 25.3 Å². The van der Waals surface area contributed by atoms with Crippen LogP contribution in [-0.4, -0.2) is 58.0 Å². The van der Waals surface area contributed by atoms with Gasteiger partial charge in [0.2, 0.25) is 15.9 Å². The molecule has 0 bridgehead atoms. The van der Waals surface area contributed by atoms with Crippen molar-refractivity contribution in [2.75, 3.05) is 32.6 Å². The quantitative estimate of drug-likeness (QED) is 0.417. The van der Waals surface area contributed by atoms with E-state index in [2.05, 4.69) is 10.0 Å². The molecule has 8 nitrogen and oxygen atoms in total. The molecule has 0 spiro atoms. The molecule has 0 aromatic rings. The molecule has 0 fully saturated rings. The Hall–Kier alpha value is -1.19. The number of aliphatic carboxylic acids is 1. The van der Waals surface area contributed by atoms with Crippen LogP contribution in [0.4, 0.5) is 0 Å². The molecule has 0 rings (SSSR count). The lowest BCUT2D eigenvalue weighted by atomic mass is 10.3. The maximum absolute atomic E-state index is 11.4. The van der Waals surface area contributed by atoms with Gasteiger partial charge in [-0.25, -0.2) is 13.1 Å². The highest BCUT2D eigenvalue weighted by molar-refractivity contribution is 7.89. The highest BCUT2D eigenvalue weighted by Gasteiger charge is 2.11. The number of methoxy groups -OCH3 is 1. The molecule has 0 radical (unpaired) electrons. The standard InChI is InChI=1S/C10H20N2O6S/c1-18-6-3-7-19(16,17)12-8-9(13)11-5-2-4-10(14)15/h12H,2-8H2,1H3,(H,11,13)(H,14,15). The number of carbonyl (C=O) groups is 2. The maximum atomic E-state index is 11.4. The van der Waals surface area contributed by atoms with Crippen molar-refractivity contribution in [3.05, 3.63) is 0 Å². The van der Waals surface area contributed by atoms with Crippen LogP contribution < -0.4 is 10.0 Å². The summed E-state index contributed by atoms with van der Waals surface area (Å²) in [6.07, 6.45) is 0.622. The van der Waals surface area contributed by atoms with Crippen LogP contribution >= 0.6 is 0 Å². The maximum Gasteiger partial charge on any atom is 0.303 e. The molecule has 0 heterocycles. The zero-order chi connectivity index (χ0) is 14.7. The third kappa shape index (κ3) is 11.6. The summed E-state index contributed by atoms with van der Waals surface area (Å²) in [6, 6.07) is 0. The van der Waals surface area contributed by atoms with Gasteiger partial charge in [0.15, 0.2) is 0 Å². The van der Waals surface area contributed by atoms with Crippen LogP contribution in [0, 0.1) is 0 Å². The summed E-state index contributed by atoms with van der Waals surface area (Å²) in [5.74, 6) is -1.53. The number of hydrogen-bond donors (Lipinski definition) is 3. The Morgan fingerprint density at radius 3 is 2.53 bits per heavy atom. The second-order valence-corrected chi connectivity index (χ2v) is 5.76. The van der Waals surface area contributed by atoms with Crippen LogP contribution in [0.5, 0.6) is 0 Å². The van der Waals surface area contributed by atoms with E-state index in [0.29, 0.717) is 19.4 Å². The van der Waals surface area contributed by atoms with E-state index in [4.69, 9.17) is 9.84 Å².